The summed E-state index contributed by atoms with van der Waals surface area (Å²) >= 11 is 0. The topological polar surface area (TPSA) is 56.1 Å². The van der Waals surface area contributed by atoms with E-state index in [0.717, 1.165) is 0 Å². The summed E-state index contributed by atoms with van der Waals surface area (Å²) in [6.45, 7) is 1.57. The van der Waals surface area contributed by atoms with Crippen LogP contribution in [0.15, 0.2) is 6.33 Å². The van der Waals surface area contributed by atoms with Crippen LogP contribution in [0.4, 0.5) is 13.2 Å². The van der Waals surface area contributed by atoms with Crippen molar-refractivity contribution in [3.63, 3.8) is 0 Å². The Hall–Kier alpha value is -1.57. The van der Waals surface area contributed by atoms with Gasteiger partial charge in [-0.25, -0.2) is 9.78 Å². The lowest BCUT2D eigenvalue weighted by Crippen LogP contribution is -2.29. The van der Waals surface area contributed by atoms with Crippen molar-refractivity contribution in [2.24, 2.45) is 0 Å². The highest BCUT2D eigenvalue weighted by atomic mass is 19.4. The molecule has 0 aromatic carbocycles. The molecule has 1 aliphatic rings. The van der Waals surface area contributed by atoms with Crippen LogP contribution in [-0.4, -0.2) is 28.4 Å². The molecular weight excluding hydrogens is 227 g/mol. The van der Waals surface area contributed by atoms with E-state index < -0.39 is 12.3 Å². The van der Waals surface area contributed by atoms with Gasteiger partial charge < -0.3 is 14.6 Å². The second kappa shape index (κ2) is 3.78. The summed E-state index contributed by atoms with van der Waals surface area (Å²) in [5.41, 5.74) is 0.130. The minimum Gasteiger partial charge on any atom is -0.368 e. The van der Waals surface area contributed by atoms with Crippen molar-refractivity contribution in [2.75, 3.05) is 6.54 Å². The van der Waals surface area contributed by atoms with Gasteiger partial charge in [-0.05, 0) is 0 Å². The van der Waals surface area contributed by atoms with Crippen molar-refractivity contribution >= 4 is 5.97 Å². The van der Waals surface area contributed by atoms with Gasteiger partial charge in [-0.15, -0.1) is 13.2 Å². The number of hydrogen-bond acceptors (Lipinski definition) is 4. The third kappa shape index (κ3) is 2.16. The first kappa shape index (κ1) is 10.9. The van der Waals surface area contributed by atoms with Crippen LogP contribution in [0.1, 0.15) is 16.2 Å². The highest BCUT2D eigenvalue weighted by Gasteiger charge is 2.36. The third-order valence-corrected chi connectivity index (χ3v) is 2.17. The zero-order valence-electron chi connectivity index (χ0n) is 8.04. The average molecular weight is 235 g/mol. The van der Waals surface area contributed by atoms with E-state index in [4.69, 9.17) is 0 Å². The number of alkyl halides is 3. The molecule has 0 atom stereocenters. The number of carbonyl (C=O) groups excluding carboxylic acids is 1. The number of nitrogens with zero attached hydrogens (tertiary/aromatic N) is 2. The maximum Gasteiger partial charge on any atom is 0.575 e. The second-order valence-electron chi connectivity index (χ2n) is 3.25. The normalized spacial score (nSPS) is 15.7. The summed E-state index contributed by atoms with van der Waals surface area (Å²) in [6.07, 6.45) is -3.64. The van der Waals surface area contributed by atoms with Crippen molar-refractivity contribution in [3.8, 4) is 0 Å². The number of esters is 1. The molecule has 0 aliphatic carbocycles. The van der Waals surface area contributed by atoms with E-state index >= 15 is 0 Å². The van der Waals surface area contributed by atoms with Crippen LogP contribution in [0.2, 0.25) is 0 Å². The second-order valence-corrected chi connectivity index (χ2v) is 3.25. The summed E-state index contributed by atoms with van der Waals surface area (Å²) < 4.78 is 40.4. The van der Waals surface area contributed by atoms with Gasteiger partial charge in [-0.3, -0.25) is 0 Å². The molecule has 2 rings (SSSR count). The van der Waals surface area contributed by atoms with E-state index in [0.29, 0.717) is 25.3 Å². The molecular formula is C8H8F3N3O2. The fourth-order valence-corrected chi connectivity index (χ4v) is 1.52. The highest BCUT2D eigenvalue weighted by molar-refractivity contribution is 5.88. The van der Waals surface area contributed by atoms with Crippen molar-refractivity contribution in [2.45, 2.75) is 19.5 Å². The lowest BCUT2D eigenvalue weighted by molar-refractivity contribution is -0.292. The van der Waals surface area contributed by atoms with E-state index in [2.05, 4.69) is 15.0 Å². The lowest BCUT2D eigenvalue weighted by Gasteiger charge is -2.16. The first-order chi connectivity index (χ1) is 7.47. The highest BCUT2D eigenvalue weighted by Crippen LogP contribution is 2.20. The van der Waals surface area contributed by atoms with Gasteiger partial charge >= 0.3 is 12.3 Å². The van der Waals surface area contributed by atoms with E-state index in [1.54, 1.807) is 4.57 Å². The monoisotopic (exact) mass is 235 g/mol. The van der Waals surface area contributed by atoms with Crippen molar-refractivity contribution in [1.82, 2.24) is 14.9 Å². The first-order valence-electron chi connectivity index (χ1n) is 4.52. The van der Waals surface area contributed by atoms with Crippen LogP contribution in [0.25, 0.3) is 0 Å². The zero-order chi connectivity index (χ0) is 11.8. The predicted octanol–water partition coefficient (Wildman–Crippen LogP) is 0.663. The SMILES string of the molecule is O=C(OC(F)(F)F)c1ncn2c1CNCC2. The number of rotatable bonds is 1. The van der Waals surface area contributed by atoms with Crippen LogP contribution >= 0.6 is 0 Å². The summed E-state index contributed by atoms with van der Waals surface area (Å²) in [7, 11) is 0. The molecule has 0 radical (unpaired) electrons. The molecule has 0 saturated heterocycles. The molecule has 0 fully saturated rings. The van der Waals surface area contributed by atoms with Gasteiger partial charge in [-0.1, -0.05) is 0 Å². The maximum atomic E-state index is 11.8. The maximum absolute atomic E-state index is 11.8. The van der Waals surface area contributed by atoms with Gasteiger partial charge in [-0.2, -0.15) is 0 Å². The van der Waals surface area contributed by atoms with Crippen LogP contribution in [0.3, 0.4) is 0 Å². The molecule has 8 heteroatoms. The van der Waals surface area contributed by atoms with Gasteiger partial charge in [0.2, 0.25) is 0 Å². The van der Waals surface area contributed by atoms with Crippen LogP contribution < -0.4 is 5.32 Å². The molecule has 16 heavy (non-hydrogen) atoms. The molecule has 0 amide bonds. The molecule has 0 unspecified atom stereocenters. The Morgan fingerprint density at radius 3 is 3.00 bits per heavy atom. The van der Waals surface area contributed by atoms with E-state index in [1.807, 2.05) is 0 Å². The summed E-state index contributed by atoms with van der Waals surface area (Å²) in [4.78, 5) is 14.8. The van der Waals surface area contributed by atoms with E-state index in [9.17, 15) is 18.0 Å². The Balaban J connectivity index is 2.21. The van der Waals surface area contributed by atoms with Crippen molar-refractivity contribution in [1.29, 1.82) is 0 Å². The third-order valence-electron chi connectivity index (χ3n) is 2.17. The van der Waals surface area contributed by atoms with Gasteiger partial charge in [0.15, 0.2) is 5.69 Å². The molecule has 1 aromatic rings. The molecule has 1 aromatic heterocycles. The molecule has 88 valence electrons. The molecule has 5 nitrogen and oxygen atoms in total. The molecule has 1 N–H and O–H groups in total. The number of carbonyl (C=O) groups is 1. The summed E-state index contributed by atoms with van der Waals surface area (Å²) in [6, 6.07) is 0. The quantitative estimate of drug-likeness (QED) is 0.726. The molecule has 0 saturated carbocycles. The standard InChI is InChI=1S/C8H8F3N3O2/c9-8(10,11)16-7(15)6-5-3-12-1-2-14(5)4-13-6/h4,12H,1-3H2. The van der Waals surface area contributed by atoms with Gasteiger partial charge in [0.05, 0.1) is 12.0 Å². The number of aromatic nitrogens is 2. The number of nitrogens with one attached hydrogen (secondary N) is 1. The Labute approximate surface area is 88.2 Å². The molecule has 2 heterocycles. The minimum atomic E-state index is -4.98. The van der Waals surface area contributed by atoms with Gasteiger partial charge in [0.25, 0.3) is 0 Å². The van der Waals surface area contributed by atoms with Crippen LogP contribution in [0.5, 0.6) is 0 Å². The Bertz CT molecular complexity index is 413. The smallest absolute Gasteiger partial charge is 0.368 e. The Morgan fingerprint density at radius 1 is 1.56 bits per heavy atom. The summed E-state index contributed by atoms with van der Waals surface area (Å²) in [5.74, 6) is -1.47. The fourth-order valence-electron chi connectivity index (χ4n) is 1.52. The lowest BCUT2D eigenvalue weighted by atomic mass is 10.3. The van der Waals surface area contributed by atoms with Crippen molar-refractivity contribution in [3.05, 3.63) is 17.7 Å². The largest absolute Gasteiger partial charge is 0.575 e. The van der Waals surface area contributed by atoms with Gasteiger partial charge in [0, 0.05) is 19.6 Å². The zero-order valence-corrected chi connectivity index (χ0v) is 8.04. The average Bonchev–Trinajstić information content (AvgIpc) is 2.58. The minimum absolute atomic E-state index is 0.287. The number of hydrogen-bond donors (Lipinski definition) is 1. The van der Waals surface area contributed by atoms with E-state index in [-0.39, 0.29) is 5.69 Å². The molecule has 0 spiro atoms. The number of fused-ring (bicyclic) bond motifs is 1. The summed E-state index contributed by atoms with van der Waals surface area (Å²) in [5, 5.41) is 2.94. The first-order valence-corrected chi connectivity index (χ1v) is 4.52. The number of imidazole rings is 1. The number of ether oxygens (including phenoxy) is 1. The molecule has 1 aliphatic heterocycles. The Kier molecular flexibility index (Phi) is 2.58. The van der Waals surface area contributed by atoms with Gasteiger partial charge in [0.1, 0.15) is 0 Å². The van der Waals surface area contributed by atoms with Crippen LogP contribution in [0, 0.1) is 0 Å². The van der Waals surface area contributed by atoms with Crippen LogP contribution in [-0.2, 0) is 17.8 Å². The Morgan fingerprint density at radius 2 is 2.31 bits per heavy atom. The fraction of sp³-hybridized carbons (Fsp3) is 0.500. The number of halogens is 3. The predicted molar refractivity (Wildman–Crippen MR) is 45.4 cm³/mol. The van der Waals surface area contributed by atoms with E-state index in [1.165, 1.54) is 6.33 Å². The van der Waals surface area contributed by atoms with Crippen molar-refractivity contribution < 1.29 is 22.7 Å². The molecule has 0 bridgehead atoms.